The monoisotopic (exact) mass is 214 g/mol. The Morgan fingerprint density at radius 2 is 1.36 bits per heavy atom. The number of hydrogen-bond acceptors (Lipinski definition) is 8. The quantitative estimate of drug-likeness (QED) is 0.211. The van der Waals surface area contributed by atoms with Gasteiger partial charge in [0.25, 0.3) is 0 Å². The van der Waals surface area contributed by atoms with Crippen LogP contribution in [0.5, 0.6) is 0 Å². The minimum absolute atomic E-state index is 0.935. The Balaban J connectivity index is 4.52. The first-order valence-corrected chi connectivity index (χ1v) is 3.71. The van der Waals surface area contributed by atoms with Crippen molar-refractivity contribution in [3.8, 4) is 0 Å². The molecule has 0 heterocycles. The smallest absolute Gasteiger partial charge is 0.244 e. The summed E-state index contributed by atoms with van der Waals surface area (Å²) in [6.45, 7) is -0.935. The largest absolute Gasteiger partial charge is 0.394 e. The van der Waals surface area contributed by atoms with Crippen LogP contribution in [0.1, 0.15) is 0 Å². The van der Waals surface area contributed by atoms with Crippen molar-refractivity contribution in [2.45, 2.75) is 30.4 Å². The Hall–Kier alpha value is -0.320. The van der Waals surface area contributed by atoms with Crippen LogP contribution in [0.2, 0.25) is 0 Å². The highest BCUT2D eigenvalue weighted by Gasteiger charge is 2.46. The van der Waals surface area contributed by atoms with Crippen molar-refractivity contribution >= 4 is 0 Å². The van der Waals surface area contributed by atoms with Crippen LogP contribution < -0.4 is 0 Å². The first kappa shape index (κ1) is 13.7. The van der Waals surface area contributed by atoms with E-state index in [0.717, 1.165) is 0 Å². The van der Waals surface area contributed by atoms with Gasteiger partial charge in [0.15, 0.2) is 0 Å². The second-order valence-electron chi connectivity index (χ2n) is 2.84. The fourth-order valence-corrected chi connectivity index (χ4v) is 0.722. The molecule has 0 amide bonds. The Labute approximate surface area is 78.9 Å². The standard InChI is InChI=1S/C6H14O8/c7-1-2(8)3(9)4(10)6(13,14)5(11)12/h2-5,7-14H,1H2/t2-,3-,4+/m1/s1. The van der Waals surface area contributed by atoms with Gasteiger partial charge in [0.1, 0.15) is 18.3 Å². The third kappa shape index (κ3) is 2.83. The molecule has 0 saturated heterocycles. The summed E-state index contributed by atoms with van der Waals surface area (Å²) in [5.41, 5.74) is 0. The van der Waals surface area contributed by atoms with E-state index in [1.165, 1.54) is 0 Å². The van der Waals surface area contributed by atoms with Gasteiger partial charge in [-0.2, -0.15) is 0 Å². The predicted molar refractivity (Wildman–Crippen MR) is 40.5 cm³/mol. The van der Waals surface area contributed by atoms with Gasteiger partial charge in [-0.1, -0.05) is 0 Å². The van der Waals surface area contributed by atoms with Crippen molar-refractivity contribution in [2.24, 2.45) is 0 Å². The molecule has 0 fully saturated rings. The molecule has 0 aliphatic carbocycles. The lowest BCUT2D eigenvalue weighted by atomic mass is 10.00. The maximum absolute atomic E-state index is 8.98. The van der Waals surface area contributed by atoms with Gasteiger partial charge in [0.05, 0.1) is 6.61 Å². The Bertz CT molecular complexity index is 169. The van der Waals surface area contributed by atoms with Gasteiger partial charge >= 0.3 is 0 Å². The van der Waals surface area contributed by atoms with Crippen molar-refractivity contribution in [3.05, 3.63) is 0 Å². The van der Waals surface area contributed by atoms with E-state index in [4.69, 9.17) is 40.9 Å². The van der Waals surface area contributed by atoms with Crippen LogP contribution in [0, 0.1) is 0 Å². The normalized spacial score (nSPS) is 19.5. The maximum atomic E-state index is 8.98. The summed E-state index contributed by atoms with van der Waals surface area (Å²) in [4.78, 5) is 0. The number of hydrogen-bond donors (Lipinski definition) is 8. The molecule has 8 N–H and O–H groups in total. The molecule has 0 radical (unpaired) electrons. The molecule has 0 aliphatic rings. The molecule has 0 rings (SSSR count). The average Bonchev–Trinajstić information content (AvgIpc) is 2.13. The van der Waals surface area contributed by atoms with Gasteiger partial charge < -0.3 is 40.9 Å². The summed E-state index contributed by atoms with van der Waals surface area (Å²) >= 11 is 0. The number of aliphatic hydroxyl groups is 8. The number of aliphatic hydroxyl groups excluding tert-OH is 5. The summed E-state index contributed by atoms with van der Waals surface area (Å²) in [7, 11) is 0. The molecule has 0 aliphatic heterocycles. The molecule has 86 valence electrons. The van der Waals surface area contributed by atoms with Crippen LogP contribution in [0.25, 0.3) is 0 Å². The van der Waals surface area contributed by atoms with Gasteiger partial charge in [0, 0.05) is 0 Å². The molecule has 0 saturated carbocycles. The van der Waals surface area contributed by atoms with Gasteiger partial charge in [-0.3, -0.25) is 0 Å². The van der Waals surface area contributed by atoms with Crippen LogP contribution >= 0.6 is 0 Å². The van der Waals surface area contributed by atoms with Crippen molar-refractivity contribution in [1.29, 1.82) is 0 Å². The van der Waals surface area contributed by atoms with E-state index in [-0.39, 0.29) is 0 Å². The molecule has 8 heteroatoms. The molecule has 0 aromatic heterocycles. The summed E-state index contributed by atoms with van der Waals surface area (Å²) in [5, 5.41) is 69.5. The zero-order valence-electron chi connectivity index (χ0n) is 7.09. The lowest BCUT2D eigenvalue weighted by Crippen LogP contribution is -2.59. The molecule has 0 unspecified atom stereocenters. The Morgan fingerprint density at radius 3 is 1.64 bits per heavy atom. The van der Waals surface area contributed by atoms with Crippen LogP contribution in [0.15, 0.2) is 0 Å². The summed E-state index contributed by atoms with van der Waals surface area (Å²) in [6, 6.07) is 0. The number of rotatable bonds is 5. The molecular weight excluding hydrogens is 200 g/mol. The van der Waals surface area contributed by atoms with E-state index in [0.29, 0.717) is 0 Å². The highest BCUT2D eigenvalue weighted by molar-refractivity contribution is 4.86. The third-order valence-corrected chi connectivity index (χ3v) is 1.72. The summed E-state index contributed by atoms with van der Waals surface area (Å²) in [6.07, 6.45) is -9.12. The van der Waals surface area contributed by atoms with Gasteiger partial charge in [-0.15, -0.1) is 0 Å². The van der Waals surface area contributed by atoms with E-state index in [1.807, 2.05) is 0 Å². The van der Waals surface area contributed by atoms with E-state index in [9.17, 15) is 0 Å². The van der Waals surface area contributed by atoms with Gasteiger partial charge in [0.2, 0.25) is 12.1 Å². The van der Waals surface area contributed by atoms with Crippen LogP contribution in [-0.2, 0) is 0 Å². The average molecular weight is 214 g/mol. The highest BCUT2D eigenvalue weighted by Crippen LogP contribution is 2.15. The zero-order valence-corrected chi connectivity index (χ0v) is 7.09. The molecule has 0 aromatic carbocycles. The van der Waals surface area contributed by atoms with Crippen molar-refractivity contribution in [1.82, 2.24) is 0 Å². The van der Waals surface area contributed by atoms with E-state index in [2.05, 4.69) is 0 Å². The van der Waals surface area contributed by atoms with Crippen LogP contribution in [0.4, 0.5) is 0 Å². The summed E-state index contributed by atoms with van der Waals surface area (Å²) in [5.74, 6) is -3.39. The minimum atomic E-state index is -3.39. The van der Waals surface area contributed by atoms with Crippen LogP contribution in [0.3, 0.4) is 0 Å². The lowest BCUT2D eigenvalue weighted by molar-refractivity contribution is -0.341. The maximum Gasteiger partial charge on any atom is 0.244 e. The second-order valence-corrected chi connectivity index (χ2v) is 2.84. The Kier molecular flexibility index (Phi) is 4.84. The fourth-order valence-electron chi connectivity index (χ4n) is 0.722. The van der Waals surface area contributed by atoms with Crippen molar-refractivity contribution < 1.29 is 40.9 Å². The Morgan fingerprint density at radius 1 is 0.929 bits per heavy atom. The molecule has 0 aromatic rings. The van der Waals surface area contributed by atoms with Crippen molar-refractivity contribution in [3.63, 3.8) is 0 Å². The third-order valence-electron chi connectivity index (χ3n) is 1.72. The summed E-state index contributed by atoms with van der Waals surface area (Å²) < 4.78 is 0. The molecule has 14 heavy (non-hydrogen) atoms. The van der Waals surface area contributed by atoms with Gasteiger partial charge in [-0.05, 0) is 0 Å². The van der Waals surface area contributed by atoms with E-state index >= 15 is 0 Å². The molecular formula is C6H14O8. The molecule has 8 nitrogen and oxygen atoms in total. The fraction of sp³-hybridized carbons (Fsp3) is 1.00. The molecule has 0 bridgehead atoms. The van der Waals surface area contributed by atoms with Gasteiger partial charge in [-0.25, -0.2) is 0 Å². The molecule has 3 atom stereocenters. The molecule has 0 spiro atoms. The highest BCUT2D eigenvalue weighted by atomic mass is 16.6. The first-order valence-electron chi connectivity index (χ1n) is 3.71. The minimum Gasteiger partial charge on any atom is -0.394 e. The lowest BCUT2D eigenvalue weighted by Gasteiger charge is -2.32. The SMILES string of the molecule is OC[C@@H](O)[C@@H](O)[C@H](O)C(O)(O)C(O)O. The van der Waals surface area contributed by atoms with E-state index < -0.39 is 37.0 Å². The van der Waals surface area contributed by atoms with Crippen molar-refractivity contribution in [2.75, 3.05) is 6.61 Å². The predicted octanol–water partition coefficient (Wildman–Crippen LogP) is -4.95. The zero-order chi connectivity index (χ0) is 11.5. The van der Waals surface area contributed by atoms with E-state index in [1.54, 1.807) is 0 Å². The second kappa shape index (κ2) is 4.96. The van der Waals surface area contributed by atoms with Crippen LogP contribution in [-0.4, -0.2) is 77.8 Å². The first-order chi connectivity index (χ1) is 6.25. The topological polar surface area (TPSA) is 162 Å².